The fraction of sp³-hybridized carbons (Fsp3) is 0.438. The van der Waals surface area contributed by atoms with Gasteiger partial charge in [-0.25, -0.2) is 4.98 Å². The maximum absolute atomic E-state index is 4.82. The normalized spacial score (nSPS) is 10.9. The molecule has 0 aliphatic heterocycles. The van der Waals surface area contributed by atoms with E-state index in [1.807, 2.05) is 30.1 Å². The molecule has 2 rings (SSSR count). The van der Waals surface area contributed by atoms with Gasteiger partial charge >= 0.3 is 0 Å². The Morgan fingerprint density at radius 1 is 1.30 bits per heavy atom. The fourth-order valence-electron chi connectivity index (χ4n) is 2.09. The number of nitrogens with zero attached hydrogens (tertiary/aromatic N) is 1. The molecule has 0 amide bonds. The van der Waals surface area contributed by atoms with Crippen LogP contribution in [0.3, 0.4) is 0 Å². The summed E-state index contributed by atoms with van der Waals surface area (Å²) >= 11 is 3.74. The topological polar surface area (TPSA) is 24.9 Å². The third kappa shape index (κ3) is 4.08. The summed E-state index contributed by atoms with van der Waals surface area (Å²) in [7, 11) is 2.00. The summed E-state index contributed by atoms with van der Waals surface area (Å²) in [5.74, 6) is 0.968. The van der Waals surface area contributed by atoms with Crippen LogP contribution < -0.4 is 5.32 Å². The minimum absolute atomic E-state index is 0.933. The molecule has 4 heteroatoms. The molecule has 0 fully saturated rings. The summed E-state index contributed by atoms with van der Waals surface area (Å²) in [6.07, 6.45) is 2.24. The molecule has 1 N–H and O–H groups in total. The highest BCUT2D eigenvalue weighted by atomic mass is 32.2. The van der Waals surface area contributed by atoms with Gasteiger partial charge in [0.2, 0.25) is 0 Å². The highest BCUT2D eigenvalue weighted by molar-refractivity contribution is 7.98. The van der Waals surface area contributed by atoms with Gasteiger partial charge in [0.25, 0.3) is 0 Å². The standard InChI is InChI=1S/C16H22N2S2/c1-4-7-13-15(10-17-3)20-16(18-13)11-19-14-9-6-5-8-12(14)2/h5-6,8-9,17H,4,7,10-11H2,1-3H3. The zero-order chi connectivity index (χ0) is 14.4. The number of nitrogens with one attached hydrogen (secondary N) is 1. The Kier molecular flexibility index (Phi) is 6.07. The summed E-state index contributed by atoms with van der Waals surface area (Å²) in [6, 6.07) is 8.55. The van der Waals surface area contributed by atoms with Gasteiger partial charge in [-0.3, -0.25) is 0 Å². The van der Waals surface area contributed by atoms with Crippen molar-refractivity contribution < 1.29 is 0 Å². The van der Waals surface area contributed by atoms with Gasteiger partial charge in [-0.1, -0.05) is 31.5 Å². The van der Waals surface area contributed by atoms with Crippen LogP contribution in [-0.2, 0) is 18.7 Å². The summed E-state index contributed by atoms with van der Waals surface area (Å²) in [4.78, 5) is 7.58. The van der Waals surface area contributed by atoms with Gasteiger partial charge in [0.05, 0.1) is 11.4 Å². The molecule has 0 radical (unpaired) electrons. The molecule has 0 unspecified atom stereocenters. The second-order valence-corrected chi connectivity index (χ2v) is 7.00. The Balaban J connectivity index is 2.06. The van der Waals surface area contributed by atoms with Crippen molar-refractivity contribution >= 4 is 23.1 Å². The first kappa shape index (κ1) is 15.5. The largest absolute Gasteiger partial charge is 0.315 e. The molecule has 0 aliphatic rings. The van der Waals surface area contributed by atoms with Crippen molar-refractivity contribution in [2.24, 2.45) is 0 Å². The van der Waals surface area contributed by atoms with Gasteiger partial charge < -0.3 is 5.32 Å². The molecule has 0 saturated carbocycles. The first-order chi connectivity index (χ1) is 9.74. The minimum Gasteiger partial charge on any atom is -0.315 e. The quantitative estimate of drug-likeness (QED) is 0.767. The molecule has 0 aliphatic carbocycles. The lowest BCUT2D eigenvalue weighted by atomic mass is 10.2. The molecule has 1 aromatic carbocycles. The SMILES string of the molecule is CCCc1nc(CSc2ccccc2C)sc1CNC. The highest BCUT2D eigenvalue weighted by Gasteiger charge is 2.10. The predicted molar refractivity (Wildman–Crippen MR) is 89.6 cm³/mol. The van der Waals surface area contributed by atoms with E-state index in [1.165, 1.54) is 26.0 Å². The third-order valence-corrected chi connectivity index (χ3v) is 5.56. The Morgan fingerprint density at radius 3 is 2.80 bits per heavy atom. The van der Waals surface area contributed by atoms with Crippen LogP contribution in [0.2, 0.25) is 0 Å². The molecule has 0 bridgehead atoms. The maximum Gasteiger partial charge on any atom is 0.103 e. The first-order valence-corrected chi connectivity index (χ1v) is 8.85. The second kappa shape index (κ2) is 7.81. The molecular formula is C16H22N2S2. The number of hydrogen-bond acceptors (Lipinski definition) is 4. The van der Waals surface area contributed by atoms with Gasteiger partial charge in [-0.2, -0.15) is 0 Å². The van der Waals surface area contributed by atoms with Crippen molar-refractivity contribution in [3.63, 3.8) is 0 Å². The zero-order valence-electron chi connectivity index (χ0n) is 12.4. The van der Waals surface area contributed by atoms with Crippen molar-refractivity contribution in [3.8, 4) is 0 Å². The Bertz CT molecular complexity index is 526. The van der Waals surface area contributed by atoms with E-state index in [4.69, 9.17) is 4.98 Å². The van der Waals surface area contributed by atoms with E-state index >= 15 is 0 Å². The van der Waals surface area contributed by atoms with Crippen LogP contribution in [0.5, 0.6) is 0 Å². The van der Waals surface area contributed by atoms with Gasteiger partial charge in [-0.05, 0) is 32.0 Å². The van der Waals surface area contributed by atoms with E-state index in [-0.39, 0.29) is 0 Å². The van der Waals surface area contributed by atoms with Crippen molar-refractivity contribution in [2.75, 3.05) is 7.05 Å². The number of thiazole rings is 1. The van der Waals surface area contributed by atoms with E-state index in [9.17, 15) is 0 Å². The molecule has 1 aromatic heterocycles. The van der Waals surface area contributed by atoms with Crippen LogP contribution in [0.1, 0.15) is 34.5 Å². The van der Waals surface area contributed by atoms with Gasteiger partial charge in [-0.15, -0.1) is 23.1 Å². The second-order valence-electron chi connectivity index (χ2n) is 4.81. The number of benzene rings is 1. The van der Waals surface area contributed by atoms with Gasteiger partial charge in [0, 0.05) is 16.3 Å². The number of rotatable bonds is 7. The van der Waals surface area contributed by atoms with Crippen LogP contribution in [0.4, 0.5) is 0 Å². The third-order valence-electron chi connectivity index (χ3n) is 3.09. The summed E-state index contributed by atoms with van der Waals surface area (Å²) < 4.78 is 0. The van der Waals surface area contributed by atoms with Crippen molar-refractivity contribution in [3.05, 3.63) is 45.4 Å². The van der Waals surface area contributed by atoms with E-state index in [1.54, 1.807) is 0 Å². The fourth-order valence-corrected chi connectivity index (χ4v) is 4.24. The van der Waals surface area contributed by atoms with Gasteiger partial charge in [0.1, 0.15) is 5.01 Å². The lowest BCUT2D eigenvalue weighted by Gasteiger charge is -2.02. The Morgan fingerprint density at radius 2 is 2.10 bits per heavy atom. The summed E-state index contributed by atoms with van der Waals surface area (Å²) in [5.41, 5.74) is 2.63. The Labute approximate surface area is 130 Å². The number of aromatic nitrogens is 1. The van der Waals surface area contributed by atoms with Crippen LogP contribution >= 0.6 is 23.1 Å². The maximum atomic E-state index is 4.82. The zero-order valence-corrected chi connectivity index (χ0v) is 14.0. The van der Waals surface area contributed by atoms with Crippen LogP contribution in [-0.4, -0.2) is 12.0 Å². The molecule has 2 nitrogen and oxygen atoms in total. The van der Waals surface area contributed by atoms with E-state index < -0.39 is 0 Å². The molecule has 0 spiro atoms. The number of hydrogen-bond donors (Lipinski definition) is 1. The molecule has 108 valence electrons. The van der Waals surface area contributed by atoms with E-state index in [0.717, 1.165) is 25.1 Å². The van der Waals surface area contributed by atoms with Crippen molar-refractivity contribution in [2.45, 2.75) is 43.9 Å². The Hall–Kier alpha value is -0.840. The average Bonchev–Trinajstić information content (AvgIpc) is 2.81. The number of aryl methyl sites for hydroxylation is 2. The molecular weight excluding hydrogens is 284 g/mol. The highest BCUT2D eigenvalue weighted by Crippen LogP contribution is 2.29. The summed E-state index contributed by atoms with van der Waals surface area (Å²) in [5, 5.41) is 4.49. The minimum atomic E-state index is 0.933. The van der Waals surface area contributed by atoms with E-state index in [2.05, 4.69) is 43.4 Å². The van der Waals surface area contributed by atoms with Crippen LogP contribution in [0.25, 0.3) is 0 Å². The monoisotopic (exact) mass is 306 g/mol. The first-order valence-electron chi connectivity index (χ1n) is 7.05. The van der Waals surface area contributed by atoms with Gasteiger partial charge in [0.15, 0.2) is 0 Å². The molecule has 2 aromatic rings. The van der Waals surface area contributed by atoms with Crippen molar-refractivity contribution in [1.82, 2.24) is 10.3 Å². The number of thioether (sulfide) groups is 1. The van der Waals surface area contributed by atoms with E-state index in [0.29, 0.717) is 0 Å². The lowest BCUT2D eigenvalue weighted by molar-refractivity contribution is 0.797. The smallest absolute Gasteiger partial charge is 0.103 e. The summed E-state index contributed by atoms with van der Waals surface area (Å²) in [6.45, 7) is 5.31. The average molecular weight is 307 g/mol. The molecule has 0 atom stereocenters. The molecule has 20 heavy (non-hydrogen) atoms. The predicted octanol–water partition coefficient (Wildman–Crippen LogP) is 4.42. The van der Waals surface area contributed by atoms with Crippen molar-refractivity contribution in [1.29, 1.82) is 0 Å². The van der Waals surface area contributed by atoms with Crippen LogP contribution in [0.15, 0.2) is 29.2 Å². The molecule has 0 saturated heterocycles. The van der Waals surface area contributed by atoms with Crippen LogP contribution in [0, 0.1) is 6.92 Å². The molecule has 1 heterocycles. The lowest BCUT2D eigenvalue weighted by Crippen LogP contribution is -2.05.